The molecule has 0 unspecified atom stereocenters. The third kappa shape index (κ3) is 5.51. The lowest BCUT2D eigenvalue weighted by atomic mass is 10.0. The van der Waals surface area contributed by atoms with E-state index in [1.807, 2.05) is 12.1 Å². The van der Waals surface area contributed by atoms with Crippen LogP contribution < -0.4 is 15.4 Å². The van der Waals surface area contributed by atoms with Crippen molar-refractivity contribution in [2.24, 2.45) is 0 Å². The van der Waals surface area contributed by atoms with E-state index in [9.17, 15) is 14.7 Å². The zero-order valence-electron chi connectivity index (χ0n) is 17.2. The highest BCUT2D eigenvalue weighted by molar-refractivity contribution is 7.80. The van der Waals surface area contributed by atoms with Gasteiger partial charge in [0, 0.05) is 5.02 Å². The maximum atomic E-state index is 12.3. The van der Waals surface area contributed by atoms with E-state index in [-0.39, 0.29) is 33.1 Å². The molecule has 1 saturated heterocycles. The number of amides is 2. The third-order valence-electron chi connectivity index (χ3n) is 4.85. The number of nitrogens with one attached hydrogen (secondary N) is 2. The molecule has 0 bridgehead atoms. The Labute approximate surface area is 215 Å². The minimum Gasteiger partial charge on any atom is -0.505 e. The molecule has 3 N–H and O–H groups in total. The summed E-state index contributed by atoms with van der Waals surface area (Å²) < 4.78 is 5.97. The highest BCUT2D eigenvalue weighted by Crippen LogP contribution is 2.38. The van der Waals surface area contributed by atoms with Gasteiger partial charge in [0.15, 0.2) is 10.9 Å². The summed E-state index contributed by atoms with van der Waals surface area (Å²) in [4.78, 5) is 24.6. The number of phenols is 1. The fraction of sp³-hybridized carbons (Fsp3) is 0.0417. The molecular formula is C24H15Cl3N2O4S. The van der Waals surface area contributed by atoms with Crippen LogP contribution in [0.15, 0.2) is 60.2 Å². The van der Waals surface area contributed by atoms with Crippen molar-refractivity contribution in [2.75, 3.05) is 0 Å². The van der Waals surface area contributed by atoms with Crippen LogP contribution in [0.4, 0.5) is 0 Å². The van der Waals surface area contributed by atoms with E-state index < -0.39 is 11.8 Å². The van der Waals surface area contributed by atoms with Crippen LogP contribution in [0.2, 0.25) is 15.1 Å². The Morgan fingerprint density at radius 2 is 1.47 bits per heavy atom. The molecule has 0 spiro atoms. The Kier molecular flexibility index (Phi) is 7.09. The van der Waals surface area contributed by atoms with Gasteiger partial charge in [0.05, 0.1) is 10.0 Å². The zero-order chi connectivity index (χ0) is 24.4. The predicted octanol–water partition coefficient (Wildman–Crippen LogP) is 5.51. The number of benzene rings is 3. The van der Waals surface area contributed by atoms with E-state index in [1.54, 1.807) is 42.5 Å². The summed E-state index contributed by atoms with van der Waals surface area (Å²) in [5.41, 5.74) is 2.53. The topological polar surface area (TPSA) is 87.7 Å². The minimum absolute atomic E-state index is 0.0544. The van der Waals surface area contributed by atoms with Crippen molar-refractivity contribution in [3.05, 3.63) is 86.4 Å². The van der Waals surface area contributed by atoms with Gasteiger partial charge < -0.3 is 9.84 Å². The van der Waals surface area contributed by atoms with Gasteiger partial charge in [-0.2, -0.15) is 0 Å². The number of thiocarbonyl (C=S) groups is 1. The molecule has 2 amide bonds. The number of carbonyl (C=O) groups excluding carboxylic acids is 2. The molecule has 1 aliphatic heterocycles. The predicted molar refractivity (Wildman–Crippen MR) is 136 cm³/mol. The average Bonchev–Trinajstić information content (AvgIpc) is 2.79. The fourth-order valence-corrected chi connectivity index (χ4v) is 4.01. The van der Waals surface area contributed by atoms with Crippen molar-refractivity contribution in [1.82, 2.24) is 10.6 Å². The van der Waals surface area contributed by atoms with Gasteiger partial charge in [0.1, 0.15) is 17.9 Å². The Morgan fingerprint density at radius 3 is 2.09 bits per heavy atom. The molecule has 0 saturated carbocycles. The van der Waals surface area contributed by atoms with Crippen LogP contribution in [0.25, 0.3) is 17.2 Å². The van der Waals surface area contributed by atoms with Crippen LogP contribution in [-0.2, 0) is 16.2 Å². The highest BCUT2D eigenvalue weighted by Gasteiger charge is 2.25. The molecule has 3 aromatic rings. The van der Waals surface area contributed by atoms with Gasteiger partial charge in [-0.05, 0) is 83.0 Å². The summed E-state index contributed by atoms with van der Waals surface area (Å²) in [6.45, 7) is 0.253. The first kappa shape index (κ1) is 24.0. The summed E-state index contributed by atoms with van der Waals surface area (Å²) in [5, 5.41) is 15.4. The first-order valence-electron chi connectivity index (χ1n) is 9.78. The number of phenolic OH excluding ortho intramolecular Hbond substituents is 1. The Bertz CT molecular complexity index is 1310. The number of aromatic hydroxyl groups is 1. The number of hydrogen-bond acceptors (Lipinski definition) is 5. The van der Waals surface area contributed by atoms with Gasteiger partial charge in [-0.1, -0.05) is 46.9 Å². The molecule has 1 fully saturated rings. The molecule has 6 nitrogen and oxygen atoms in total. The molecule has 3 aromatic carbocycles. The first-order chi connectivity index (χ1) is 16.2. The minimum atomic E-state index is -0.612. The molecule has 0 aromatic heterocycles. The highest BCUT2D eigenvalue weighted by atomic mass is 35.5. The van der Waals surface area contributed by atoms with Gasteiger partial charge in [-0.25, -0.2) is 0 Å². The SMILES string of the molecule is O=C1NC(=S)NC(=O)C1=Cc1cc(OCc2ccc(Cl)cc2)cc(-c2cc(Cl)c(O)c(Cl)c2)c1. The molecule has 0 radical (unpaired) electrons. The van der Waals surface area contributed by atoms with E-state index in [2.05, 4.69) is 10.6 Å². The van der Waals surface area contributed by atoms with E-state index >= 15 is 0 Å². The van der Waals surface area contributed by atoms with Gasteiger partial charge in [-0.3, -0.25) is 20.2 Å². The molecule has 1 aliphatic rings. The number of halogens is 3. The van der Waals surface area contributed by atoms with Crippen LogP contribution in [0.3, 0.4) is 0 Å². The largest absolute Gasteiger partial charge is 0.505 e. The maximum Gasteiger partial charge on any atom is 0.263 e. The Hall–Kier alpha value is -3.10. The molecule has 172 valence electrons. The van der Waals surface area contributed by atoms with E-state index in [4.69, 9.17) is 51.8 Å². The van der Waals surface area contributed by atoms with E-state index in [1.165, 1.54) is 6.08 Å². The molecule has 4 rings (SSSR count). The molecule has 34 heavy (non-hydrogen) atoms. The van der Waals surface area contributed by atoms with Crippen LogP contribution in [0, 0.1) is 0 Å². The second-order valence-electron chi connectivity index (χ2n) is 7.29. The number of hydrogen-bond donors (Lipinski definition) is 3. The van der Waals surface area contributed by atoms with E-state index in [0.717, 1.165) is 5.56 Å². The second kappa shape index (κ2) is 10.0. The fourth-order valence-electron chi connectivity index (χ4n) is 3.21. The van der Waals surface area contributed by atoms with Gasteiger partial charge in [0.25, 0.3) is 11.8 Å². The summed E-state index contributed by atoms with van der Waals surface area (Å²) in [5.74, 6) is -0.986. The van der Waals surface area contributed by atoms with Crippen molar-refractivity contribution in [3.8, 4) is 22.6 Å². The summed E-state index contributed by atoms with van der Waals surface area (Å²) in [7, 11) is 0. The molecule has 0 atom stereocenters. The van der Waals surface area contributed by atoms with Crippen LogP contribution >= 0.6 is 47.0 Å². The lowest BCUT2D eigenvalue weighted by molar-refractivity contribution is -0.123. The van der Waals surface area contributed by atoms with Gasteiger partial charge in [0.2, 0.25) is 0 Å². The summed E-state index contributed by atoms with van der Waals surface area (Å²) in [6.07, 6.45) is 1.43. The monoisotopic (exact) mass is 532 g/mol. The normalized spacial score (nSPS) is 13.4. The standard InChI is InChI=1S/C24H15Cl3N2O4S/c25-16-3-1-12(2-4-16)11-33-17-6-13(7-18-22(31)28-24(34)29-23(18)32)5-14(8-17)15-9-19(26)21(30)20(27)10-15/h1-10,30H,11H2,(H2,28,29,31,32,34). The zero-order valence-corrected chi connectivity index (χ0v) is 20.3. The number of ether oxygens (including phenoxy) is 1. The Morgan fingerprint density at radius 1 is 0.882 bits per heavy atom. The molecule has 1 heterocycles. The molecular weight excluding hydrogens is 519 g/mol. The van der Waals surface area contributed by atoms with Crippen LogP contribution in [0.1, 0.15) is 11.1 Å². The number of rotatable bonds is 5. The van der Waals surface area contributed by atoms with Crippen molar-refractivity contribution >= 4 is 70.0 Å². The van der Waals surface area contributed by atoms with Crippen molar-refractivity contribution in [1.29, 1.82) is 0 Å². The lowest BCUT2D eigenvalue weighted by Gasteiger charge is -2.17. The molecule has 0 aliphatic carbocycles. The Balaban J connectivity index is 1.75. The van der Waals surface area contributed by atoms with Crippen molar-refractivity contribution < 1.29 is 19.4 Å². The maximum absolute atomic E-state index is 12.3. The molecule has 10 heteroatoms. The number of carbonyl (C=O) groups is 2. The van der Waals surface area contributed by atoms with Gasteiger partial charge >= 0.3 is 0 Å². The first-order valence-corrected chi connectivity index (χ1v) is 11.3. The quantitative estimate of drug-likeness (QED) is 0.229. The lowest BCUT2D eigenvalue weighted by Crippen LogP contribution is -2.51. The summed E-state index contributed by atoms with van der Waals surface area (Å²) >= 11 is 23.0. The average molecular weight is 534 g/mol. The smallest absolute Gasteiger partial charge is 0.263 e. The second-order valence-corrected chi connectivity index (χ2v) is 8.95. The van der Waals surface area contributed by atoms with Crippen molar-refractivity contribution in [2.45, 2.75) is 6.61 Å². The van der Waals surface area contributed by atoms with Gasteiger partial charge in [-0.15, -0.1) is 0 Å². The third-order valence-corrected chi connectivity index (χ3v) is 5.88. The summed E-state index contributed by atoms with van der Waals surface area (Å²) in [6, 6.07) is 15.5. The van der Waals surface area contributed by atoms with Crippen LogP contribution in [-0.4, -0.2) is 22.0 Å². The van der Waals surface area contributed by atoms with Crippen LogP contribution in [0.5, 0.6) is 11.5 Å². The van der Waals surface area contributed by atoms with E-state index in [0.29, 0.717) is 27.5 Å². The van der Waals surface area contributed by atoms with Crippen molar-refractivity contribution in [3.63, 3.8) is 0 Å².